The summed E-state index contributed by atoms with van der Waals surface area (Å²) >= 11 is 0. The van der Waals surface area contributed by atoms with Crippen LogP contribution < -0.4 is 11.1 Å². The summed E-state index contributed by atoms with van der Waals surface area (Å²) < 4.78 is 36.9. The number of aliphatic hydroxyl groups is 5. The van der Waals surface area contributed by atoms with E-state index in [1.54, 1.807) is 48.5 Å². The molecule has 14 nitrogen and oxygen atoms in total. The van der Waals surface area contributed by atoms with Gasteiger partial charge in [-0.05, 0) is 73.6 Å². The number of ether oxygens (including phenoxy) is 6. The van der Waals surface area contributed by atoms with Gasteiger partial charge in [-0.25, -0.2) is 0 Å². The monoisotopic (exact) mass is 706 g/mol. The molecule has 0 radical (unpaired) electrons. The maximum absolute atomic E-state index is 14.0. The maximum Gasteiger partial charge on any atom is 0.311 e. The molecule has 3 rings (SSSR count). The summed E-state index contributed by atoms with van der Waals surface area (Å²) in [6.45, 7) is 17.5. The molecule has 0 bridgehead atoms. The fourth-order valence-corrected chi connectivity index (χ4v) is 7.89. The van der Waals surface area contributed by atoms with Crippen molar-refractivity contribution in [1.29, 1.82) is 0 Å². The zero-order chi connectivity index (χ0) is 37.2. The van der Waals surface area contributed by atoms with Gasteiger partial charge in [0.25, 0.3) is 0 Å². The quantitative estimate of drug-likeness (QED) is 0.192. The summed E-state index contributed by atoms with van der Waals surface area (Å²) in [6.07, 6.45) is -8.79. The van der Waals surface area contributed by atoms with Crippen LogP contribution >= 0.6 is 0 Å². The highest BCUT2D eigenvalue weighted by atomic mass is 16.7. The predicted molar refractivity (Wildman–Crippen MR) is 180 cm³/mol. The van der Waals surface area contributed by atoms with Crippen molar-refractivity contribution in [3.63, 3.8) is 0 Å². The molecule has 3 saturated heterocycles. The van der Waals surface area contributed by atoms with Gasteiger partial charge in [0.2, 0.25) is 0 Å². The number of esters is 1. The van der Waals surface area contributed by atoms with Gasteiger partial charge in [0, 0.05) is 38.1 Å². The molecule has 49 heavy (non-hydrogen) atoms. The second-order valence-electron chi connectivity index (χ2n) is 15.8. The predicted octanol–water partition coefficient (Wildman–Crippen LogP) is 0.956. The second kappa shape index (κ2) is 16.8. The van der Waals surface area contributed by atoms with E-state index in [9.17, 15) is 30.3 Å². The minimum atomic E-state index is -1.78. The van der Waals surface area contributed by atoms with E-state index in [1.807, 2.05) is 13.8 Å². The number of hydrogen-bond acceptors (Lipinski definition) is 14. The topological polar surface area (TPSA) is 212 Å². The summed E-state index contributed by atoms with van der Waals surface area (Å²) in [5.74, 6) is -2.95. The Morgan fingerprint density at radius 1 is 0.959 bits per heavy atom. The molecule has 3 fully saturated rings. The lowest BCUT2D eigenvalue weighted by Gasteiger charge is -2.48. The van der Waals surface area contributed by atoms with Crippen LogP contribution in [0.4, 0.5) is 0 Å². The van der Waals surface area contributed by atoms with Crippen molar-refractivity contribution in [2.45, 2.75) is 185 Å². The third-order valence-electron chi connectivity index (χ3n) is 11.2. The molecule has 0 amide bonds. The number of cyclic esters (lactones) is 1. The average molecular weight is 707 g/mol. The molecule has 0 aromatic carbocycles. The van der Waals surface area contributed by atoms with Gasteiger partial charge in [-0.3, -0.25) is 4.79 Å². The van der Waals surface area contributed by atoms with E-state index >= 15 is 0 Å². The number of nitrogens with two attached hydrogens (primary N) is 1. The van der Waals surface area contributed by atoms with Gasteiger partial charge in [0.05, 0.1) is 47.6 Å². The van der Waals surface area contributed by atoms with Crippen LogP contribution in [0, 0.1) is 17.8 Å². The van der Waals surface area contributed by atoms with Gasteiger partial charge in [0.1, 0.15) is 23.9 Å². The molecule has 14 heteroatoms. The fraction of sp³-hybridized carbons (Fsp3) is 0.971. The van der Waals surface area contributed by atoms with E-state index in [2.05, 4.69) is 5.32 Å². The lowest BCUT2D eigenvalue weighted by Crippen LogP contribution is -2.60. The fourth-order valence-electron chi connectivity index (χ4n) is 7.89. The zero-order valence-corrected chi connectivity index (χ0v) is 31.4. The Hall–Kier alpha value is -1.01. The van der Waals surface area contributed by atoms with Crippen molar-refractivity contribution in [3.05, 3.63) is 0 Å². The van der Waals surface area contributed by atoms with Crippen molar-refractivity contribution in [1.82, 2.24) is 5.32 Å². The number of carbonyl (C=O) groups excluding carboxylic acids is 1. The van der Waals surface area contributed by atoms with Crippen molar-refractivity contribution in [3.8, 4) is 0 Å². The van der Waals surface area contributed by atoms with Gasteiger partial charge >= 0.3 is 5.97 Å². The molecule has 0 aliphatic carbocycles. The Balaban J connectivity index is 2.13. The third-order valence-corrected chi connectivity index (χ3v) is 11.2. The Morgan fingerprint density at radius 3 is 2.18 bits per heavy atom. The van der Waals surface area contributed by atoms with Crippen LogP contribution in [0.2, 0.25) is 0 Å². The van der Waals surface area contributed by atoms with Crippen LogP contribution in [-0.4, -0.2) is 135 Å². The largest absolute Gasteiger partial charge is 0.459 e. The van der Waals surface area contributed by atoms with Crippen LogP contribution in [0.25, 0.3) is 0 Å². The number of nitrogens with one attached hydrogen (secondary N) is 1. The van der Waals surface area contributed by atoms with Crippen molar-refractivity contribution < 1.29 is 58.7 Å². The highest BCUT2D eigenvalue weighted by Crippen LogP contribution is 2.39. The summed E-state index contributed by atoms with van der Waals surface area (Å²) in [4.78, 5) is 14.0. The standard InChI is InChI=1S/C35H66N2O12/c1-12-24-35(10,43)28(39)17(2)16-37-18(3)14-33(8,42)30(49-32-26(38)23(36)13-19(4)45-32)20(5)27(21(6)31(41)47-24)48-25-15-34(9,44-11)29(40)22(7)46-25/h17-30,32,37-40,42-43H,12-16,36H2,1-11H3/t17-,18+,19+,20-,21?,22-,23-,24+,25?,26+,27+,28+,29-,30+,32-,33-,34+,35+/m0/s1. The minimum absolute atomic E-state index is 0.121. The summed E-state index contributed by atoms with van der Waals surface area (Å²) in [6, 6.07) is -0.931. The molecule has 0 saturated carbocycles. The maximum atomic E-state index is 14.0. The van der Waals surface area contributed by atoms with Crippen LogP contribution in [0.1, 0.15) is 94.9 Å². The molecule has 0 spiro atoms. The highest BCUT2D eigenvalue weighted by molar-refractivity contribution is 5.73. The van der Waals surface area contributed by atoms with E-state index in [-0.39, 0.29) is 31.4 Å². The van der Waals surface area contributed by atoms with Crippen molar-refractivity contribution in [2.75, 3.05) is 13.7 Å². The van der Waals surface area contributed by atoms with E-state index in [0.29, 0.717) is 13.0 Å². The molecular weight excluding hydrogens is 640 g/mol. The van der Waals surface area contributed by atoms with Gasteiger partial charge in [-0.15, -0.1) is 0 Å². The van der Waals surface area contributed by atoms with Crippen LogP contribution in [-0.2, 0) is 33.2 Å². The molecule has 3 aliphatic heterocycles. The van der Waals surface area contributed by atoms with Gasteiger partial charge in [-0.2, -0.15) is 0 Å². The van der Waals surface area contributed by atoms with Gasteiger partial charge < -0.3 is 65.0 Å². The molecule has 3 aliphatic rings. The third kappa shape index (κ3) is 9.71. The van der Waals surface area contributed by atoms with Crippen LogP contribution in [0.3, 0.4) is 0 Å². The molecule has 8 N–H and O–H groups in total. The smallest absolute Gasteiger partial charge is 0.311 e. The Labute approximate surface area is 292 Å². The van der Waals surface area contributed by atoms with Gasteiger partial charge in [0.15, 0.2) is 12.6 Å². The molecule has 2 unspecified atom stereocenters. The zero-order valence-electron chi connectivity index (χ0n) is 31.4. The van der Waals surface area contributed by atoms with Crippen LogP contribution in [0.15, 0.2) is 0 Å². The number of aliphatic hydroxyl groups excluding tert-OH is 3. The molecular formula is C35H66N2O12. The van der Waals surface area contributed by atoms with E-state index < -0.39 is 102 Å². The van der Waals surface area contributed by atoms with E-state index in [1.165, 1.54) is 14.0 Å². The normalized spacial score (nSPS) is 51.4. The highest BCUT2D eigenvalue weighted by Gasteiger charge is 2.52. The number of hydrogen-bond donors (Lipinski definition) is 7. The van der Waals surface area contributed by atoms with Crippen molar-refractivity contribution >= 4 is 5.97 Å². The Morgan fingerprint density at radius 2 is 1.59 bits per heavy atom. The SMILES string of the molecule is CC[C@H]1OC(=O)C(C)[C@H](OC2C[C@@](C)(OC)[C@@H](O)[C@H](C)O2)[C@H](C)[C@@H](O[C@@H]2O[C@H](C)C[C@H](N)[C@H]2O)[C@@](C)(O)C[C@@H](C)NC[C@H](C)[C@@H](O)[C@]1(C)O. The van der Waals surface area contributed by atoms with Crippen LogP contribution in [0.5, 0.6) is 0 Å². The van der Waals surface area contributed by atoms with Crippen molar-refractivity contribution in [2.24, 2.45) is 23.5 Å². The average Bonchev–Trinajstić information content (AvgIpc) is 3.02. The first-order chi connectivity index (χ1) is 22.6. The number of rotatable bonds is 6. The first kappa shape index (κ1) is 42.4. The molecule has 0 aromatic heterocycles. The lowest BCUT2D eigenvalue weighted by molar-refractivity contribution is -0.315. The first-order valence-electron chi connectivity index (χ1n) is 17.9. The molecule has 288 valence electrons. The Kier molecular flexibility index (Phi) is 14.5. The summed E-state index contributed by atoms with van der Waals surface area (Å²) in [5.41, 5.74) is 1.84. The number of carbonyl (C=O) groups is 1. The molecule has 0 aromatic rings. The lowest BCUT2D eigenvalue weighted by atomic mass is 9.78. The molecule has 18 atom stereocenters. The second-order valence-corrected chi connectivity index (χ2v) is 15.8. The summed E-state index contributed by atoms with van der Waals surface area (Å²) in [5, 5.41) is 60.3. The number of methoxy groups -OCH3 is 1. The van der Waals surface area contributed by atoms with E-state index in [4.69, 9.17) is 34.2 Å². The molecule has 3 heterocycles. The first-order valence-corrected chi connectivity index (χ1v) is 17.9. The Bertz CT molecular complexity index is 1070. The van der Waals surface area contributed by atoms with E-state index in [0.717, 1.165) is 0 Å². The minimum Gasteiger partial charge on any atom is -0.459 e. The van der Waals surface area contributed by atoms with Gasteiger partial charge in [-0.1, -0.05) is 20.8 Å². The summed E-state index contributed by atoms with van der Waals surface area (Å²) in [7, 11) is 1.49.